The van der Waals surface area contributed by atoms with Crippen molar-refractivity contribution >= 4 is 23.2 Å². The van der Waals surface area contributed by atoms with Crippen LogP contribution in [0.25, 0.3) is 5.70 Å². The van der Waals surface area contributed by atoms with Crippen molar-refractivity contribution in [2.75, 3.05) is 20.1 Å². The average Bonchev–Trinajstić information content (AvgIpc) is 2.48. The van der Waals surface area contributed by atoms with Crippen LogP contribution in [0.15, 0.2) is 17.7 Å². The quantitative estimate of drug-likeness (QED) is 0.849. The normalized spacial score (nSPS) is 22.0. The highest BCUT2D eigenvalue weighted by Crippen LogP contribution is 2.38. The first-order valence-corrected chi connectivity index (χ1v) is 7.75. The van der Waals surface area contributed by atoms with Crippen LogP contribution < -0.4 is 5.32 Å². The van der Waals surface area contributed by atoms with E-state index in [0.717, 1.165) is 0 Å². The smallest absolute Gasteiger partial charge is 0.245 e. The van der Waals surface area contributed by atoms with E-state index in [1.807, 2.05) is 0 Å². The number of hydrogen-bond donors (Lipinski definition) is 1. The maximum Gasteiger partial charge on any atom is 0.245 e. The van der Waals surface area contributed by atoms with Crippen molar-refractivity contribution < 1.29 is 18.0 Å². The van der Waals surface area contributed by atoms with Gasteiger partial charge in [-0.25, -0.2) is 13.2 Å². The monoisotopic (exact) mass is 346 g/mol. The highest BCUT2D eigenvalue weighted by molar-refractivity contribution is 6.32. The van der Waals surface area contributed by atoms with Gasteiger partial charge >= 0.3 is 0 Å². The third-order valence-corrected chi connectivity index (χ3v) is 4.56. The number of rotatable bonds is 4. The molecule has 0 aliphatic carbocycles. The molecule has 1 aromatic carbocycles. The van der Waals surface area contributed by atoms with Crippen LogP contribution in [-0.2, 0) is 4.79 Å². The summed E-state index contributed by atoms with van der Waals surface area (Å²) in [6.07, 6.45) is 0. The van der Waals surface area contributed by atoms with Gasteiger partial charge in [0.1, 0.15) is 22.8 Å². The van der Waals surface area contributed by atoms with E-state index in [1.54, 1.807) is 20.9 Å². The second-order valence-corrected chi connectivity index (χ2v) is 5.89. The summed E-state index contributed by atoms with van der Waals surface area (Å²) in [5.74, 6) is -3.92. The van der Waals surface area contributed by atoms with Crippen molar-refractivity contribution in [1.82, 2.24) is 10.2 Å². The Bertz CT molecular complexity index is 640. The van der Waals surface area contributed by atoms with E-state index in [0.29, 0.717) is 24.3 Å². The largest absolute Gasteiger partial charge is 0.316 e. The Morgan fingerprint density at radius 1 is 1.26 bits per heavy atom. The molecule has 0 radical (unpaired) electrons. The van der Waals surface area contributed by atoms with Crippen molar-refractivity contribution in [3.05, 3.63) is 40.7 Å². The highest BCUT2D eigenvalue weighted by Gasteiger charge is 2.39. The summed E-state index contributed by atoms with van der Waals surface area (Å²) in [5, 5.41) is 2.11. The summed E-state index contributed by atoms with van der Waals surface area (Å²) in [6.45, 7) is 3.93. The maximum absolute atomic E-state index is 14.3. The molecule has 0 saturated heterocycles. The average molecular weight is 347 g/mol. The Morgan fingerprint density at radius 3 is 2.30 bits per heavy atom. The summed E-state index contributed by atoms with van der Waals surface area (Å²) >= 11 is 6.18. The van der Waals surface area contributed by atoms with Gasteiger partial charge in [-0.1, -0.05) is 6.92 Å². The summed E-state index contributed by atoms with van der Waals surface area (Å²) in [5.41, 5.74) is 0.340. The van der Waals surface area contributed by atoms with E-state index in [-0.39, 0.29) is 12.2 Å². The second-order valence-electron chi connectivity index (χ2n) is 5.42. The molecule has 7 heteroatoms. The van der Waals surface area contributed by atoms with Crippen LogP contribution in [0.2, 0.25) is 0 Å². The number of alkyl halides is 1. The lowest BCUT2D eigenvalue weighted by atomic mass is 9.87. The molecule has 1 heterocycles. The molecule has 1 N–H and O–H groups in total. The standard InChI is InChI=1S/C16H18ClF3N2O/c1-4-22-15(13-11(19)5-9(18)6-12(13)20)10(7-21-3)8(2)14(17)16(22)23/h5-6,8,14,21H,4,7H2,1-3H3. The lowest BCUT2D eigenvalue weighted by molar-refractivity contribution is -0.128. The zero-order valence-electron chi connectivity index (χ0n) is 13.1. The Kier molecular flexibility index (Phi) is 5.37. The molecule has 23 heavy (non-hydrogen) atoms. The van der Waals surface area contributed by atoms with E-state index in [1.165, 1.54) is 4.90 Å². The minimum atomic E-state index is -1.04. The topological polar surface area (TPSA) is 32.3 Å². The summed E-state index contributed by atoms with van der Waals surface area (Å²) in [4.78, 5) is 13.7. The number of hydrogen-bond acceptors (Lipinski definition) is 2. The Balaban J connectivity index is 2.77. The fraction of sp³-hybridized carbons (Fsp3) is 0.438. The third-order valence-electron chi connectivity index (χ3n) is 3.99. The van der Waals surface area contributed by atoms with E-state index in [4.69, 9.17) is 11.6 Å². The molecule has 2 atom stereocenters. The zero-order chi connectivity index (χ0) is 17.3. The van der Waals surface area contributed by atoms with Crippen LogP contribution in [-0.4, -0.2) is 36.3 Å². The molecule has 0 aromatic heterocycles. The fourth-order valence-corrected chi connectivity index (χ4v) is 3.12. The van der Waals surface area contributed by atoms with Crippen LogP contribution >= 0.6 is 11.6 Å². The van der Waals surface area contributed by atoms with Crippen molar-refractivity contribution in [2.45, 2.75) is 19.2 Å². The summed E-state index contributed by atoms with van der Waals surface area (Å²) < 4.78 is 41.7. The first kappa shape index (κ1) is 17.8. The lowest BCUT2D eigenvalue weighted by Gasteiger charge is -2.38. The number of carbonyl (C=O) groups is 1. The minimum Gasteiger partial charge on any atom is -0.316 e. The van der Waals surface area contributed by atoms with Gasteiger partial charge in [0.2, 0.25) is 5.91 Å². The van der Waals surface area contributed by atoms with Crippen molar-refractivity contribution in [3.8, 4) is 0 Å². The molecule has 1 amide bonds. The van der Waals surface area contributed by atoms with E-state index < -0.39 is 40.2 Å². The van der Waals surface area contributed by atoms with Crippen LogP contribution in [0.5, 0.6) is 0 Å². The molecular weight excluding hydrogens is 329 g/mol. The fourth-order valence-electron chi connectivity index (χ4n) is 2.85. The molecule has 126 valence electrons. The van der Waals surface area contributed by atoms with E-state index in [2.05, 4.69) is 5.32 Å². The van der Waals surface area contributed by atoms with Gasteiger partial charge in [0, 0.05) is 31.1 Å². The predicted octanol–water partition coefficient (Wildman–Crippen LogP) is 3.14. The molecular formula is C16H18ClF3N2O. The van der Waals surface area contributed by atoms with Gasteiger partial charge in [0.15, 0.2) is 0 Å². The first-order chi connectivity index (χ1) is 10.8. The van der Waals surface area contributed by atoms with Crippen LogP contribution in [0.3, 0.4) is 0 Å². The van der Waals surface area contributed by atoms with Gasteiger partial charge < -0.3 is 10.2 Å². The van der Waals surface area contributed by atoms with Gasteiger partial charge in [0.25, 0.3) is 0 Å². The molecule has 1 aliphatic rings. The first-order valence-electron chi connectivity index (χ1n) is 7.31. The van der Waals surface area contributed by atoms with Crippen molar-refractivity contribution in [3.63, 3.8) is 0 Å². The Morgan fingerprint density at radius 2 is 1.83 bits per heavy atom. The molecule has 0 bridgehead atoms. The molecule has 0 fully saturated rings. The van der Waals surface area contributed by atoms with E-state index >= 15 is 0 Å². The number of likely N-dealkylation sites (N-methyl/N-ethyl adjacent to an activating group) is 1. The van der Waals surface area contributed by atoms with Crippen LogP contribution in [0, 0.1) is 23.4 Å². The number of carbonyl (C=O) groups excluding carboxylic acids is 1. The van der Waals surface area contributed by atoms with Crippen LogP contribution in [0.4, 0.5) is 13.2 Å². The maximum atomic E-state index is 14.3. The molecule has 1 aromatic rings. The van der Waals surface area contributed by atoms with Gasteiger partial charge in [0.05, 0.1) is 11.3 Å². The van der Waals surface area contributed by atoms with Gasteiger partial charge in [-0.2, -0.15) is 0 Å². The van der Waals surface area contributed by atoms with Gasteiger partial charge in [-0.05, 0) is 19.5 Å². The molecule has 0 saturated carbocycles. The number of nitrogens with one attached hydrogen (secondary N) is 1. The van der Waals surface area contributed by atoms with Crippen molar-refractivity contribution in [2.24, 2.45) is 5.92 Å². The second kappa shape index (κ2) is 6.93. The number of benzene rings is 1. The molecule has 1 aliphatic heterocycles. The number of amides is 1. The zero-order valence-corrected chi connectivity index (χ0v) is 13.8. The molecule has 0 spiro atoms. The number of halogens is 4. The Labute approximate surface area is 138 Å². The highest BCUT2D eigenvalue weighted by atomic mass is 35.5. The van der Waals surface area contributed by atoms with Gasteiger partial charge in [-0.3, -0.25) is 4.79 Å². The SMILES string of the molecule is CCN1C(=O)C(Cl)C(C)C(CNC)=C1c1c(F)cc(F)cc1F. The van der Waals surface area contributed by atoms with Crippen molar-refractivity contribution in [1.29, 1.82) is 0 Å². The summed E-state index contributed by atoms with van der Waals surface area (Å²) in [7, 11) is 1.69. The lowest BCUT2D eigenvalue weighted by Crippen LogP contribution is -2.45. The summed E-state index contributed by atoms with van der Waals surface area (Å²) in [6, 6.07) is 1.22. The Hall–Kier alpha value is -1.53. The minimum absolute atomic E-state index is 0.131. The van der Waals surface area contributed by atoms with E-state index in [9.17, 15) is 18.0 Å². The molecule has 3 nitrogen and oxygen atoms in total. The molecule has 2 rings (SSSR count). The number of nitrogens with zero attached hydrogens (tertiary/aromatic N) is 1. The third kappa shape index (κ3) is 3.10. The van der Waals surface area contributed by atoms with Crippen LogP contribution in [0.1, 0.15) is 19.4 Å². The predicted molar refractivity (Wildman–Crippen MR) is 83.4 cm³/mol. The molecule has 2 unspecified atom stereocenters. The van der Waals surface area contributed by atoms with Gasteiger partial charge in [-0.15, -0.1) is 11.6 Å².